The molecule has 0 bridgehead atoms. The molecule has 0 aliphatic rings. The van der Waals surface area contributed by atoms with E-state index in [9.17, 15) is 0 Å². The second-order valence-electron chi connectivity index (χ2n) is 4.25. The lowest BCUT2D eigenvalue weighted by molar-refractivity contribution is 0.791. The van der Waals surface area contributed by atoms with Crippen molar-refractivity contribution >= 4 is 44.8 Å². The average molecular weight is 385 g/mol. The molecule has 0 amide bonds. The molecule has 3 rings (SSSR count). The zero-order valence-corrected chi connectivity index (χ0v) is 13.6. The number of anilines is 1. The summed E-state index contributed by atoms with van der Waals surface area (Å²) in [4.78, 5) is 0. The predicted molar refractivity (Wildman–Crippen MR) is 86.7 cm³/mol. The number of benzene rings is 2. The van der Waals surface area contributed by atoms with E-state index >= 15 is 0 Å². The fourth-order valence-electron chi connectivity index (χ4n) is 1.87. The van der Waals surface area contributed by atoms with Gasteiger partial charge in [0.25, 0.3) is 0 Å². The molecule has 0 saturated heterocycles. The topological polar surface area (TPSA) is 69.6 Å². The number of nitrogen functional groups attached to an aromatic ring is 1. The first kappa shape index (κ1) is 14.3. The van der Waals surface area contributed by atoms with Crippen LogP contribution >= 0.6 is 39.1 Å². The number of nitrogens with zero attached hydrogens (tertiary/aromatic N) is 4. The van der Waals surface area contributed by atoms with Crippen LogP contribution in [0.15, 0.2) is 40.9 Å². The Kier molecular flexibility index (Phi) is 3.84. The molecule has 106 valence electrons. The standard InChI is InChI=1S/C13H8BrCl2N5/c14-8-2-4-12(10(16)6-8)21-13(18-19-20-21)7-1-3-9(15)11(17)5-7/h1-6H,17H2. The summed E-state index contributed by atoms with van der Waals surface area (Å²) in [6, 6.07) is 10.7. The first-order chi connectivity index (χ1) is 10.1. The molecule has 0 atom stereocenters. The van der Waals surface area contributed by atoms with Crippen molar-refractivity contribution in [2.45, 2.75) is 0 Å². The Morgan fingerprint density at radius 1 is 1.05 bits per heavy atom. The van der Waals surface area contributed by atoms with E-state index in [0.29, 0.717) is 27.2 Å². The molecular weight excluding hydrogens is 377 g/mol. The Balaban J connectivity index is 2.14. The first-order valence-electron chi connectivity index (χ1n) is 5.85. The Hall–Kier alpha value is -1.63. The second-order valence-corrected chi connectivity index (χ2v) is 5.98. The van der Waals surface area contributed by atoms with Crippen molar-refractivity contribution in [2.75, 3.05) is 5.73 Å². The molecular formula is C13H8BrCl2N5. The normalized spacial score (nSPS) is 10.8. The van der Waals surface area contributed by atoms with E-state index < -0.39 is 0 Å². The largest absolute Gasteiger partial charge is 0.398 e. The van der Waals surface area contributed by atoms with Crippen molar-refractivity contribution in [3.63, 3.8) is 0 Å². The smallest absolute Gasteiger partial charge is 0.187 e. The van der Waals surface area contributed by atoms with Crippen LogP contribution in [-0.4, -0.2) is 20.2 Å². The van der Waals surface area contributed by atoms with Gasteiger partial charge in [0.05, 0.1) is 21.4 Å². The molecule has 0 saturated carbocycles. The zero-order valence-electron chi connectivity index (χ0n) is 10.5. The van der Waals surface area contributed by atoms with Gasteiger partial charge in [-0.3, -0.25) is 0 Å². The summed E-state index contributed by atoms with van der Waals surface area (Å²) in [5, 5.41) is 12.7. The highest BCUT2D eigenvalue weighted by Gasteiger charge is 2.14. The van der Waals surface area contributed by atoms with Crippen LogP contribution in [0.5, 0.6) is 0 Å². The van der Waals surface area contributed by atoms with Crippen molar-refractivity contribution in [1.29, 1.82) is 0 Å². The van der Waals surface area contributed by atoms with E-state index in [1.165, 1.54) is 0 Å². The minimum absolute atomic E-state index is 0.464. The molecule has 0 unspecified atom stereocenters. The maximum absolute atomic E-state index is 6.24. The van der Waals surface area contributed by atoms with Crippen molar-refractivity contribution in [3.05, 3.63) is 50.9 Å². The molecule has 0 aliphatic carbocycles. The second kappa shape index (κ2) is 5.63. The molecule has 2 aromatic carbocycles. The quantitative estimate of drug-likeness (QED) is 0.678. The van der Waals surface area contributed by atoms with Crippen LogP contribution in [0.1, 0.15) is 0 Å². The number of nitrogens with two attached hydrogens (primary N) is 1. The average Bonchev–Trinajstić information content (AvgIpc) is 2.91. The lowest BCUT2D eigenvalue weighted by Gasteiger charge is -2.08. The van der Waals surface area contributed by atoms with E-state index in [2.05, 4.69) is 31.5 Å². The Morgan fingerprint density at radius 2 is 1.86 bits per heavy atom. The van der Waals surface area contributed by atoms with E-state index in [-0.39, 0.29) is 0 Å². The highest BCUT2D eigenvalue weighted by molar-refractivity contribution is 9.10. The van der Waals surface area contributed by atoms with Crippen molar-refractivity contribution in [1.82, 2.24) is 20.2 Å². The van der Waals surface area contributed by atoms with Crippen molar-refractivity contribution < 1.29 is 0 Å². The number of hydrogen-bond donors (Lipinski definition) is 1. The molecule has 0 spiro atoms. The molecule has 3 aromatic rings. The van der Waals surface area contributed by atoms with E-state index in [1.807, 2.05) is 12.1 Å². The summed E-state index contributed by atoms with van der Waals surface area (Å²) >= 11 is 15.5. The minimum atomic E-state index is 0.464. The van der Waals surface area contributed by atoms with Gasteiger partial charge in [0.1, 0.15) is 0 Å². The maximum atomic E-state index is 6.24. The third-order valence-electron chi connectivity index (χ3n) is 2.86. The molecule has 1 heterocycles. The summed E-state index contributed by atoms with van der Waals surface area (Å²) in [6.45, 7) is 0. The van der Waals surface area contributed by atoms with Gasteiger partial charge in [-0.25, -0.2) is 0 Å². The molecule has 1 aromatic heterocycles. The van der Waals surface area contributed by atoms with Gasteiger partial charge in [0, 0.05) is 10.0 Å². The predicted octanol–water partition coefficient (Wildman–Crippen LogP) is 3.98. The third-order valence-corrected chi connectivity index (χ3v) is 4.00. The summed E-state index contributed by atoms with van der Waals surface area (Å²) in [5.41, 5.74) is 7.71. The van der Waals surface area contributed by atoms with E-state index in [1.54, 1.807) is 28.9 Å². The Morgan fingerprint density at radius 3 is 2.57 bits per heavy atom. The summed E-state index contributed by atoms with van der Waals surface area (Å²) in [6.07, 6.45) is 0. The fraction of sp³-hybridized carbons (Fsp3) is 0. The van der Waals surface area contributed by atoms with Crippen molar-refractivity contribution in [3.8, 4) is 17.1 Å². The number of rotatable bonds is 2. The van der Waals surface area contributed by atoms with Crippen LogP contribution in [0, 0.1) is 0 Å². The molecule has 2 N–H and O–H groups in total. The van der Waals surface area contributed by atoms with Crippen LogP contribution < -0.4 is 5.73 Å². The SMILES string of the molecule is Nc1cc(-c2nnnn2-c2ccc(Br)cc2Cl)ccc1Cl. The maximum Gasteiger partial charge on any atom is 0.187 e. The summed E-state index contributed by atoms with van der Waals surface area (Å²) < 4.78 is 2.43. The van der Waals surface area contributed by atoms with Gasteiger partial charge in [0.2, 0.25) is 0 Å². The zero-order chi connectivity index (χ0) is 15.0. The van der Waals surface area contributed by atoms with Crippen LogP contribution in [0.2, 0.25) is 10.0 Å². The molecule has 5 nitrogen and oxygen atoms in total. The van der Waals surface area contributed by atoms with Gasteiger partial charge >= 0.3 is 0 Å². The van der Waals surface area contributed by atoms with Crippen LogP contribution in [0.25, 0.3) is 17.1 Å². The number of halogens is 3. The van der Waals surface area contributed by atoms with Gasteiger partial charge < -0.3 is 5.73 Å². The first-order valence-corrected chi connectivity index (χ1v) is 7.40. The van der Waals surface area contributed by atoms with Gasteiger partial charge in [-0.1, -0.05) is 39.1 Å². The molecule has 0 radical (unpaired) electrons. The highest BCUT2D eigenvalue weighted by Crippen LogP contribution is 2.29. The molecule has 21 heavy (non-hydrogen) atoms. The van der Waals surface area contributed by atoms with Crippen LogP contribution in [0.3, 0.4) is 0 Å². The van der Waals surface area contributed by atoms with Crippen LogP contribution in [0.4, 0.5) is 5.69 Å². The highest BCUT2D eigenvalue weighted by atomic mass is 79.9. The van der Waals surface area contributed by atoms with Gasteiger partial charge in [-0.2, -0.15) is 4.68 Å². The lowest BCUT2D eigenvalue weighted by Crippen LogP contribution is -2.01. The number of tetrazole rings is 1. The Labute approximate surface area is 138 Å². The monoisotopic (exact) mass is 383 g/mol. The molecule has 8 heteroatoms. The van der Waals surface area contributed by atoms with E-state index in [0.717, 1.165) is 10.0 Å². The van der Waals surface area contributed by atoms with Crippen LogP contribution in [-0.2, 0) is 0 Å². The summed E-state index contributed by atoms with van der Waals surface area (Å²) in [5.74, 6) is 0.530. The molecule has 0 aliphatic heterocycles. The summed E-state index contributed by atoms with van der Waals surface area (Å²) in [7, 11) is 0. The van der Waals surface area contributed by atoms with Gasteiger partial charge in [0.15, 0.2) is 5.82 Å². The third kappa shape index (κ3) is 2.74. The van der Waals surface area contributed by atoms with E-state index in [4.69, 9.17) is 28.9 Å². The fourth-order valence-corrected chi connectivity index (χ4v) is 2.74. The lowest BCUT2D eigenvalue weighted by atomic mass is 10.2. The molecule has 0 fully saturated rings. The van der Waals surface area contributed by atoms with Gasteiger partial charge in [-0.05, 0) is 46.8 Å². The minimum Gasteiger partial charge on any atom is -0.398 e. The Bertz CT molecular complexity index is 818. The van der Waals surface area contributed by atoms with Crippen molar-refractivity contribution in [2.24, 2.45) is 0 Å². The number of hydrogen-bond acceptors (Lipinski definition) is 4. The van der Waals surface area contributed by atoms with Gasteiger partial charge in [-0.15, -0.1) is 5.10 Å². The number of aromatic nitrogens is 4.